The van der Waals surface area contributed by atoms with Crippen LogP contribution in [0.25, 0.3) is 0 Å². The van der Waals surface area contributed by atoms with Gasteiger partial charge in [-0.2, -0.15) is 0 Å². The van der Waals surface area contributed by atoms with Gasteiger partial charge in [-0.3, -0.25) is 20.4 Å². The zero-order valence-electron chi connectivity index (χ0n) is 12.9. The molecule has 9 nitrogen and oxygen atoms in total. The molecule has 2 amide bonds. The third-order valence-corrected chi connectivity index (χ3v) is 4.61. The van der Waals surface area contributed by atoms with Crippen LogP contribution in [0.2, 0.25) is 0 Å². The van der Waals surface area contributed by atoms with Gasteiger partial charge < -0.3 is 9.67 Å². The van der Waals surface area contributed by atoms with E-state index in [-0.39, 0.29) is 21.9 Å². The van der Waals surface area contributed by atoms with Gasteiger partial charge in [-0.05, 0) is 25.2 Å². The number of carbonyl (C=O) groups is 2. The minimum absolute atomic E-state index is 0.0110. The number of benzene rings is 1. The van der Waals surface area contributed by atoms with Crippen molar-refractivity contribution in [3.8, 4) is 5.75 Å². The lowest BCUT2D eigenvalue weighted by molar-refractivity contribution is 0.0840. The SMILES string of the molecule is CNS(=O)(=O)c1cc(C(=O)NNC(=O)c2ccccc2O)n(C)c1. The number of phenolic OH excluding ortho intramolecular Hbond substituents is 1. The molecule has 2 rings (SSSR count). The number of sulfonamides is 1. The topological polar surface area (TPSA) is 130 Å². The second-order valence-corrected chi connectivity index (χ2v) is 6.69. The molecule has 0 saturated carbocycles. The lowest BCUT2D eigenvalue weighted by Crippen LogP contribution is -2.42. The molecule has 0 aliphatic rings. The van der Waals surface area contributed by atoms with Gasteiger partial charge in [0.05, 0.1) is 5.56 Å². The number of para-hydroxylation sites is 1. The van der Waals surface area contributed by atoms with Crippen LogP contribution < -0.4 is 15.6 Å². The lowest BCUT2D eigenvalue weighted by atomic mass is 10.2. The van der Waals surface area contributed by atoms with E-state index in [2.05, 4.69) is 15.6 Å². The van der Waals surface area contributed by atoms with Crippen LogP contribution in [-0.4, -0.2) is 37.0 Å². The van der Waals surface area contributed by atoms with Crippen molar-refractivity contribution in [1.82, 2.24) is 20.1 Å². The number of amides is 2. The fraction of sp³-hybridized carbons (Fsp3) is 0.143. The molecule has 128 valence electrons. The summed E-state index contributed by atoms with van der Waals surface area (Å²) in [7, 11) is -0.931. The first-order valence-electron chi connectivity index (χ1n) is 6.75. The van der Waals surface area contributed by atoms with Crippen molar-refractivity contribution in [2.45, 2.75) is 4.90 Å². The number of hydrazine groups is 1. The summed E-state index contributed by atoms with van der Waals surface area (Å²) in [5.41, 5.74) is 4.33. The highest BCUT2D eigenvalue weighted by Gasteiger charge is 2.20. The van der Waals surface area contributed by atoms with E-state index in [9.17, 15) is 23.1 Å². The van der Waals surface area contributed by atoms with Crippen LogP contribution in [0.5, 0.6) is 5.75 Å². The van der Waals surface area contributed by atoms with Crippen LogP contribution in [-0.2, 0) is 17.1 Å². The molecule has 0 aliphatic carbocycles. The maximum Gasteiger partial charge on any atom is 0.286 e. The fourth-order valence-electron chi connectivity index (χ4n) is 1.94. The number of hydrogen-bond acceptors (Lipinski definition) is 5. The highest BCUT2D eigenvalue weighted by Crippen LogP contribution is 2.15. The molecule has 0 unspecified atom stereocenters. The largest absolute Gasteiger partial charge is 0.507 e. The minimum Gasteiger partial charge on any atom is -0.507 e. The summed E-state index contributed by atoms with van der Waals surface area (Å²) in [6.07, 6.45) is 1.27. The van der Waals surface area contributed by atoms with Crippen LogP contribution in [0.1, 0.15) is 20.8 Å². The van der Waals surface area contributed by atoms with Crippen LogP contribution >= 0.6 is 0 Å². The van der Waals surface area contributed by atoms with Gasteiger partial charge in [0.25, 0.3) is 11.8 Å². The summed E-state index contributed by atoms with van der Waals surface area (Å²) in [4.78, 5) is 23.9. The molecule has 24 heavy (non-hydrogen) atoms. The Morgan fingerprint density at radius 2 is 1.75 bits per heavy atom. The van der Waals surface area contributed by atoms with Crippen molar-refractivity contribution in [2.75, 3.05) is 7.05 Å². The number of nitrogens with one attached hydrogen (secondary N) is 3. The monoisotopic (exact) mass is 352 g/mol. The smallest absolute Gasteiger partial charge is 0.286 e. The number of nitrogens with zero attached hydrogens (tertiary/aromatic N) is 1. The van der Waals surface area contributed by atoms with Gasteiger partial charge in [-0.25, -0.2) is 13.1 Å². The molecule has 2 aromatic rings. The van der Waals surface area contributed by atoms with Crippen molar-refractivity contribution >= 4 is 21.8 Å². The Bertz CT molecular complexity index is 888. The minimum atomic E-state index is -3.68. The van der Waals surface area contributed by atoms with E-state index in [4.69, 9.17) is 0 Å². The number of phenols is 1. The third-order valence-electron chi connectivity index (χ3n) is 3.23. The van der Waals surface area contributed by atoms with Crippen molar-refractivity contribution in [1.29, 1.82) is 0 Å². The summed E-state index contributed by atoms with van der Waals surface area (Å²) >= 11 is 0. The number of rotatable bonds is 4. The average molecular weight is 352 g/mol. The molecule has 0 fully saturated rings. The van der Waals surface area contributed by atoms with Crippen LogP contribution in [0.3, 0.4) is 0 Å². The van der Waals surface area contributed by atoms with Gasteiger partial charge >= 0.3 is 0 Å². The van der Waals surface area contributed by atoms with Crippen molar-refractivity contribution in [3.05, 3.63) is 47.8 Å². The molecule has 1 aromatic heterocycles. The van der Waals surface area contributed by atoms with Crippen molar-refractivity contribution in [3.63, 3.8) is 0 Å². The summed E-state index contributed by atoms with van der Waals surface area (Å²) in [5, 5.41) is 9.58. The number of aromatic hydroxyl groups is 1. The van der Waals surface area contributed by atoms with Crippen molar-refractivity contribution < 1.29 is 23.1 Å². The molecular formula is C14H16N4O5S. The molecule has 1 aromatic carbocycles. The maximum absolute atomic E-state index is 12.1. The molecule has 10 heteroatoms. The predicted octanol–water partition coefficient (Wildman–Crippen LogP) is -0.286. The first-order valence-corrected chi connectivity index (χ1v) is 8.23. The average Bonchev–Trinajstić information content (AvgIpc) is 2.95. The Labute approximate surface area is 138 Å². The number of aryl methyl sites for hydroxylation is 1. The van der Waals surface area contributed by atoms with Crippen LogP contribution in [0.4, 0.5) is 0 Å². The third kappa shape index (κ3) is 3.55. The second kappa shape index (κ2) is 6.72. The summed E-state index contributed by atoms with van der Waals surface area (Å²) < 4.78 is 26.9. The van der Waals surface area contributed by atoms with E-state index < -0.39 is 21.8 Å². The van der Waals surface area contributed by atoms with Gasteiger partial charge in [0.1, 0.15) is 16.3 Å². The fourth-order valence-corrected chi connectivity index (χ4v) is 2.73. The Morgan fingerprint density at radius 3 is 2.38 bits per heavy atom. The number of aromatic nitrogens is 1. The van der Waals surface area contributed by atoms with Gasteiger partial charge in [0.15, 0.2) is 0 Å². The van der Waals surface area contributed by atoms with Gasteiger partial charge in [-0.1, -0.05) is 12.1 Å². The van der Waals surface area contributed by atoms with Crippen LogP contribution in [0, 0.1) is 0 Å². The summed E-state index contributed by atoms with van der Waals surface area (Å²) in [5.74, 6) is -1.65. The first kappa shape index (κ1) is 17.5. The molecule has 0 saturated heterocycles. The van der Waals surface area contributed by atoms with Crippen molar-refractivity contribution in [2.24, 2.45) is 7.05 Å². The van der Waals surface area contributed by atoms with Gasteiger partial charge in [-0.15, -0.1) is 0 Å². The van der Waals surface area contributed by atoms with E-state index in [1.54, 1.807) is 12.1 Å². The number of carbonyl (C=O) groups excluding carboxylic acids is 2. The van der Waals surface area contributed by atoms with E-state index in [0.717, 1.165) is 0 Å². The normalized spacial score (nSPS) is 11.1. The lowest BCUT2D eigenvalue weighted by Gasteiger charge is -2.08. The predicted molar refractivity (Wildman–Crippen MR) is 84.7 cm³/mol. The summed E-state index contributed by atoms with van der Waals surface area (Å²) in [6, 6.07) is 7.01. The zero-order chi connectivity index (χ0) is 17.9. The molecular weight excluding hydrogens is 336 g/mol. The highest BCUT2D eigenvalue weighted by molar-refractivity contribution is 7.89. The molecule has 4 N–H and O–H groups in total. The quantitative estimate of drug-likeness (QED) is 0.562. The molecule has 0 spiro atoms. The van der Waals surface area contributed by atoms with E-state index in [1.165, 1.54) is 43.1 Å². The molecule has 0 atom stereocenters. The maximum atomic E-state index is 12.1. The zero-order valence-corrected chi connectivity index (χ0v) is 13.7. The van der Waals surface area contributed by atoms with Gasteiger partial charge in [0, 0.05) is 13.2 Å². The second-order valence-electron chi connectivity index (χ2n) is 4.80. The standard InChI is InChI=1S/C14H16N4O5S/c1-15-24(22,23)9-7-11(18(2)8-9)14(21)17-16-13(20)10-5-3-4-6-12(10)19/h3-8,15,19H,1-2H3,(H,16,20)(H,17,21). The Hall–Kier alpha value is -2.85. The molecule has 0 radical (unpaired) electrons. The highest BCUT2D eigenvalue weighted by atomic mass is 32.2. The van der Waals surface area contributed by atoms with E-state index in [1.807, 2.05) is 0 Å². The molecule has 1 heterocycles. The molecule has 0 aliphatic heterocycles. The first-order chi connectivity index (χ1) is 11.3. The van der Waals surface area contributed by atoms with Gasteiger partial charge in [0.2, 0.25) is 10.0 Å². The van der Waals surface area contributed by atoms with E-state index in [0.29, 0.717) is 0 Å². The van der Waals surface area contributed by atoms with E-state index >= 15 is 0 Å². The van der Waals surface area contributed by atoms with Crippen LogP contribution in [0.15, 0.2) is 41.4 Å². The number of hydrogen-bond donors (Lipinski definition) is 4. The molecule has 0 bridgehead atoms. The Kier molecular flexibility index (Phi) is 4.90. The Balaban J connectivity index is 2.11. The summed E-state index contributed by atoms with van der Waals surface area (Å²) in [6.45, 7) is 0. The Morgan fingerprint density at radius 1 is 1.12 bits per heavy atom.